The lowest BCUT2D eigenvalue weighted by Crippen LogP contribution is -2.35. The minimum atomic E-state index is -1.64. The van der Waals surface area contributed by atoms with Gasteiger partial charge < -0.3 is 0 Å². The van der Waals surface area contributed by atoms with Gasteiger partial charge in [0.1, 0.15) is 8.07 Å². The third kappa shape index (κ3) is 2.24. The molecule has 0 radical (unpaired) electrons. The van der Waals surface area contributed by atoms with Gasteiger partial charge in [-0.15, -0.1) is 0 Å². The molecule has 1 fully saturated rings. The molecule has 0 nitrogen and oxygen atoms in total. The predicted octanol–water partition coefficient (Wildman–Crippen LogP) is 6.22. The molecule has 0 spiro atoms. The highest BCUT2D eigenvalue weighted by Gasteiger charge is 2.42. The number of hydrogen-bond acceptors (Lipinski definition) is 0. The van der Waals surface area contributed by atoms with E-state index in [9.17, 15) is 0 Å². The molecule has 120 valence electrons. The van der Waals surface area contributed by atoms with Crippen molar-refractivity contribution in [3.8, 4) is 0 Å². The second-order valence-electron chi connectivity index (χ2n) is 8.18. The molecule has 0 aliphatic heterocycles. The third-order valence-corrected chi connectivity index (χ3v) is 10.2. The fourth-order valence-electron chi connectivity index (χ4n) is 5.58. The van der Waals surface area contributed by atoms with Crippen LogP contribution < -0.4 is 0 Å². The third-order valence-electron chi connectivity index (χ3n) is 6.25. The van der Waals surface area contributed by atoms with Crippen molar-refractivity contribution in [3.05, 3.63) is 69.1 Å². The van der Waals surface area contributed by atoms with E-state index in [-0.39, 0.29) is 0 Å². The fourth-order valence-corrected chi connectivity index (χ4v) is 10.1. The molecular formula is C22H28Si. The molecule has 0 heterocycles. The molecule has 4 aliphatic rings. The summed E-state index contributed by atoms with van der Waals surface area (Å²) in [6.07, 6.45) is 19.8. The van der Waals surface area contributed by atoms with E-state index in [2.05, 4.69) is 63.4 Å². The van der Waals surface area contributed by atoms with E-state index < -0.39 is 8.07 Å². The zero-order chi connectivity index (χ0) is 16.2. The first kappa shape index (κ1) is 15.2. The Kier molecular flexibility index (Phi) is 3.53. The van der Waals surface area contributed by atoms with Crippen LogP contribution in [0, 0.1) is 11.8 Å². The Labute approximate surface area is 142 Å². The summed E-state index contributed by atoms with van der Waals surface area (Å²) < 4.78 is 0. The summed E-state index contributed by atoms with van der Waals surface area (Å²) in [4.78, 5) is 0. The Morgan fingerprint density at radius 3 is 2.57 bits per heavy atom. The molecule has 1 heteroatoms. The standard InChI is InChI=1S/C22H28Si/c1-15-13-17-9-5-7-11-19(17)21(15)23(3,4)22-16(2)14-18-10-6-8-12-20(18)22/h5,7,9,11,13-14,17-18H,6,8,10,12H2,1-4H3. The van der Waals surface area contributed by atoms with Crippen molar-refractivity contribution in [2.75, 3.05) is 0 Å². The first-order valence-electron chi connectivity index (χ1n) is 9.21. The minimum Gasteiger partial charge on any atom is -0.0745 e. The van der Waals surface area contributed by atoms with E-state index in [1.807, 2.05) is 5.57 Å². The molecule has 4 rings (SSSR count). The molecule has 0 aromatic carbocycles. The summed E-state index contributed by atoms with van der Waals surface area (Å²) in [6, 6.07) is 0. The minimum absolute atomic E-state index is 0.528. The van der Waals surface area contributed by atoms with Gasteiger partial charge in [0.2, 0.25) is 0 Å². The van der Waals surface area contributed by atoms with Gasteiger partial charge in [0.25, 0.3) is 0 Å². The molecule has 23 heavy (non-hydrogen) atoms. The zero-order valence-electron chi connectivity index (χ0n) is 14.9. The van der Waals surface area contributed by atoms with Crippen LogP contribution in [0.15, 0.2) is 69.1 Å². The summed E-state index contributed by atoms with van der Waals surface area (Å²) in [5, 5.41) is 3.51. The first-order valence-corrected chi connectivity index (χ1v) is 12.2. The molecule has 0 aromatic rings. The Hall–Kier alpha value is -1.34. The summed E-state index contributed by atoms with van der Waals surface area (Å²) >= 11 is 0. The van der Waals surface area contributed by atoms with Crippen LogP contribution >= 0.6 is 0 Å². The Bertz CT molecular complexity index is 734. The van der Waals surface area contributed by atoms with E-state index >= 15 is 0 Å². The molecule has 0 aromatic heterocycles. The average Bonchev–Trinajstić information content (AvgIpc) is 3.02. The molecule has 4 aliphatic carbocycles. The average molecular weight is 321 g/mol. The number of rotatable bonds is 2. The molecule has 0 amide bonds. The van der Waals surface area contributed by atoms with Crippen LogP contribution in [0.2, 0.25) is 13.1 Å². The predicted molar refractivity (Wildman–Crippen MR) is 103 cm³/mol. The van der Waals surface area contributed by atoms with E-state index in [0.717, 1.165) is 5.92 Å². The lowest BCUT2D eigenvalue weighted by Gasteiger charge is -2.33. The number of allylic oxidation sites excluding steroid dienone is 12. The molecule has 1 saturated carbocycles. The maximum absolute atomic E-state index is 2.60. The summed E-state index contributed by atoms with van der Waals surface area (Å²) in [7, 11) is -1.64. The van der Waals surface area contributed by atoms with Crippen molar-refractivity contribution in [1.82, 2.24) is 0 Å². The van der Waals surface area contributed by atoms with Crippen molar-refractivity contribution in [2.45, 2.75) is 52.6 Å². The number of fused-ring (bicyclic) bond motifs is 2. The molecular weight excluding hydrogens is 292 g/mol. The van der Waals surface area contributed by atoms with Gasteiger partial charge in [-0.1, -0.05) is 77.9 Å². The van der Waals surface area contributed by atoms with Gasteiger partial charge in [-0.05, 0) is 49.8 Å². The molecule has 0 bridgehead atoms. The molecule has 2 atom stereocenters. The Morgan fingerprint density at radius 2 is 1.74 bits per heavy atom. The van der Waals surface area contributed by atoms with E-state index in [1.165, 1.54) is 31.3 Å². The normalized spacial score (nSPS) is 29.7. The molecule has 0 N–H and O–H groups in total. The van der Waals surface area contributed by atoms with E-state index in [0.29, 0.717) is 5.92 Å². The maximum Gasteiger partial charge on any atom is 0.113 e. The van der Waals surface area contributed by atoms with Crippen LogP contribution in [0.5, 0.6) is 0 Å². The van der Waals surface area contributed by atoms with Gasteiger partial charge in [-0.3, -0.25) is 0 Å². The second-order valence-corrected chi connectivity index (χ2v) is 12.4. The van der Waals surface area contributed by atoms with Crippen LogP contribution in [0.3, 0.4) is 0 Å². The van der Waals surface area contributed by atoms with Crippen molar-refractivity contribution in [3.63, 3.8) is 0 Å². The summed E-state index contributed by atoms with van der Waals surface area (Å²) in [6.45, 7) is 9.91. The van der Waals surface area contributed by atoms with E-state index in [1.54, 1.807) is 21.5 Å². The highest BCUT2D eigenvalue weighted by atomic mass is 28.3. The molecule has 0 saturated heterocycles. The zero-order valence-corrected chi connectivity index (χ0v) is 15.9. The lowest BCUT2D eigenvalue weighted by molar-refractivity contribution is 0.524. The van der Waals surface area contributed by atoms with Crippen molar-refractivity contribution >= 4 is 8.07 Å². The van der Waals surface area contributed by atoms with Crippen LogP contribution in [-0.2, 0) is 0 Å². The topological polar surface area (TPSA) is 0 Å². The van der Waals surface area contributed by atoms with E-state index in [4.69, 9.17) is 0 Å². The monoisotopic (exact) mass is 320 g/mol. The van der Waals surface area contributed by atoms with Crippen molar-refractivity contribution in [2.24, 2.45) is 11.8 Å². The summed E-state index contributed by atoms with van der Waals surface area (Å²) in [5.41, 5.74) is 6.54. The maximum atomic E-state index is 2.60. The van der Waals surface area contributed by atoms with Crippen LogP contribution in [0.4, 0.5) is 0 Å². The van der Waals surface area contributed by atoms with Crippen molar-refractivity contribution in [1.29, 1.82) is 0 Å². The summed E-state index contributed by atoms with van der Waals surface area (Å²) in [5.74, 6) is 1.29. The van der Waals surface area contributed by atoms with Crippen molar-refractivity contribution < 1.29 is 0 Å². The smallest absolute Gasteiger partial charge is 0.0745 e. The van der Waals surface area contributed by atoms with Crippen LogP contribution in [-0.4, -0.2) is 8.07 Å². The van der Waals surface area contributed by atoms with Gasteiger partial charge in [0, 0.05) is 5.92 Å². The van der Waals surface area contributed by atoms with Gasteiger partial charge in [-0.25, -0.2) is 0 Å². The SMILES string of the molecule is CC1=CC2C=CC=CC2=C1[Si](C)(C)C1=C2CCCCC2C=C1C. The van der Waals surface area contributed by atoms with Gasteiger partial charge in [0.05, 0.1) is 0 Å². The largest absolute Gasteiger partial charge is 0.113 e. The molecule has 2 unspecified atom stereocenters. The Morgan fingerprint density at radius 1 is 0.957 bits per heavy atom. The van der Waals surface area contributed by atoms with Crippen LogP contribution in [0.1, 0.15) is 39.5 Å². The highest BCUT2D eigenvalue weighted by Crippen LogP contribution is 2.49. The van der Waals surface area contributed by atoms with Crippen LogP contribution in [0.25, 0.3) is 0 Å². The first-order chi connectivity index (χ1) is 11.0. The highest BCUT2D eigenvalue weighted by molar-refractivity contribution is 6.92. The lowest BCUT2D eigenvalue weighted by atomic mass is 9.87. The number of hydrogen-bond donors (Lipinski definition) is 0. The quantitative estimate of drug-likeness (QED) is 0.530. The second kappa shape index (κ2) is 5.34. The van der Waals surface area contributed by atoms with Gasteiger partial charge >= 0.3 is 0 Å². The Balaban J connectivity index is 1.85. The van der Waals surface area contributed by atoms with Gasteiger partial charge in [-0.2, -0.15) is 0 Å². The van der Waals surface area contributed by atoms with Gasteiger partial charge in [0.15, 0.2) is 0 Å². The fraction of sp³-hybridized carbons (Fsp3) is 0.455.